The molecule has 0 bridgehead atoms. The van der Waals surface area contributed by atoms with Gasteiger partial charge in [-0.15, -0.1) is 0 Å². The molecule has 0 amide bonds. The Morgan fingerprint density at radius 1 is 0.246 bits per heavy atom. The van der Waals surface area contributed by atoms with Crippen molar-refractivity contribution in [2.75, 3.05) is 0 Å². The van der Waals surface area contributed by atoms with E-state index in [0.717, 1.165) is 0 Å². The number of benzene rings is 11. The van der Waals surface area contributed by atoms with Gasteiger partial charge in [-0.3, -0.25) is 0 Å². The second-order valence-corrected chi connectivity index (χ2v) is 16.6. The standard InChI is InChI=1S/C61H44/c1-40(2)43-21-13-24-46(37-43)60-55-29-9-11-31-57(55)61(58-32-12-10-30-56(58)60)47-35-36-54(52-34-16-20-42-18-4-6-26-49(42)52)59(39-47)53-28-8-7-27-51(53)45-23-14-22-44(38-45)50-33-15-19-41-17-3-5-25-48(41)50/h3-40H,1-2H3. The van der Waals surface area contributed by atoms with Crippen molar-refractivity contribution in [3.8, 4) is 66.8 Å². The van der Waals surface area contributed by atoms with Crippen molar-refractivity contribution in [1.29, 1.82) is 0 Å². The third-order valence-electron chi connectivity index (χ3n) is 12.7. The Bertz CT molecular complexity index is 3390. The molecule has 0 N–H and O–H groups in total. The predicted octanol–water partition coefficient (Wildman–Crippen LogP) is 17.4. The van der Waals surface area contributed by atoms with Crippen molar-refractivity contribution < 1.29 is 0 Å². The highest BCUT2D eigenvalue weighted by molar-refractivity contribution is 6.22. The van der Waals surface area contributed by atoms with Crippen LogP contribution in [0.1, 0.15) is 25.3 Å². The second-order valence-electron chi connectivity index (χ2n) is 16.6. The number of hydrogen-bond acceptors (Lipinski definition) is 0. The summed E-state index contributed by atoms with van der Waals surface area (Å²) in [5.41, 5.74) is 16.1. The number of rotatable bonds is 7. The van der Waals surface area contributed by atoms with Crippen LogP contribution in [0, 0.1) is 0 Å². The Balaban J connectivity index is 1.17. The lowest BCUT2D eigenvalue weighted by Gasteiger charge is -2.21. The Hall–Kier alpha value is -7.54. The molecular weight excluding hydrogens is 733 g/mol. The van der Waals surface area contributed by atoms with Gasteiger partial charge in [0, 0.05) is 0 Å². The molecule has 0 atom stereocenters. The first kappa shape index (κ1) is 36.5. The van der Waals surface area contributed by atoms with Crippen LogP contribution >= 0.6 is 0 Å². The van der Waals surface area contributed by atoms with Crippen molar-refractivity contribution in [3.05, 3.63) is 230 Å². The molecule has 0 saturated carbocycles. The van der Waals surface area contributed by atoms with Crippen LogP contribution in [0.25, 0.3) is 110 Å². The molecule has 11 aromatic rings. The minimum absolute atomic E-state index is 0.444. The summed E-state index contributed by atoms with van der Waals surface area (Å²) in [5, 5.41) is 10.0. The lowest BCUT2D eigenvalue weighted by molar-refractivity contribution is 0.867. The summed E-state index contributed by atoms with van der Waals surface area (Å²) in [5.74, 6) is 0.444. The minimum atomic E-state index is 0.444. The van der Waals surface area contributed by atoms with Crippen LogP contribution < -0.4 is 0 Å². The Labute approximate surface area is 358 Å². The van der Waals surface area contributed by atoms with Crippen molar-refractivity contribution in [1.82, 2.24) is 0 Å². The molecular formula is C61H44. The zero-order valence-electron chi connectivity index (χ0n) is 34.4. The summed E-state index contributed by atoms with van der Waals surface area (Å²) < 4.78 is 0. The quantitative estimate of drug-likeness (QED) is 0.141. The lowest BCUT2D eigenvalue weighted by Crippen LogP contribution is -1.94. The van der Waals surface area contributed by atoms with E-state index in [1.165, 1.54) is 115 Å². The topological polar surface area (TPSA) is 0 Å². The molecule has 0 radical (unpaired) electrons. The molecule has 0 nitrogen and oxygen atoms in total. The first-order valence-corrected chi connectivity index (χ1v) is 21.4. The highest BCUT2D eigenvalue weighted by atomic mass is 14.2. The van der Waals surface area contributed by atoms with E-state index in [4.69, 9.17) is 0 Å². The zero-order valence-corrected chi connectivity index (χ0v) is 34.4. The van der Waals surface area contributed by atoms with Crippen molar-refractivity contribution >= 4 is 43.1 Å². The molecule has 0 aliphatic carbocycles. The van der Waals surface area contributed by atoms with Crippen molar-refractivity contribution in [2.24, 2.45) is 0 Å². The van der Waals surface area contributed by atoms with Crippen molar-refractivity contribution in [3.63, 3.8) is 0 Å². The highest BCUT2D eigenvalue weighted by Crippen LogP contribution is 2.48. The summed E-state index contributed by atoms with van der Waals surface area (Å²) in [4.78, 5) is 0. The average molecular weight is 777 g/mol. The SMILES string of the molecule is CC(C)c1cccc(-c2c3ccccc3c(-c3ccc(-c4cccc5ccccc45)c(-c4ccccc4-c4cccc(-c5cccc6ccccc56)c4)c3)c3ccccc23)c1. The molecule has 11 rings (SSSR count). The fourth-order valence-corrected chi connectivity index (χ4v) is 9.72. The highest BCUT2D eigenvalue weighted by Gasteiger charge is 2.21. The van der Waals surface area contributed by atoms with Crippen LogP contribution in [0.2, 0.25) is 0 Å². The smallest absolute Gasteiger partial charge is 0.00261 e. The molecule has 288 valence electrons. The van der Waals surface area contributed by atoms with Gasteiger partial charge in [-0.1, -0.05) is 226 Å². The number of fused-ring (bicyclic) bond motifs is 4. The van der Waals surface area contributed by atoms with E-state index in [1.807, 2.05) is 0 Å². The summed E-state index contributed by atoms with van der Waals surface area (Å²) in [7, 11) is 0. The molecule has 0 aliphatic heterocycles. The summed E-state index contributed by atoms with van der Waals surface area (Å²) in [6, 6.07) is 83.2. The molecule has 0 fully saturated rings. The van der Waals surface area contributed by atoms with Gasteiger partial charge in [-0.25, -0.2) is 0 Å². The molecule has 61 heavy (non-hydrogen) atoms. The van der Waals surface area contributed by atoms with Crippen LogP contribution in [0.3, 0.4) is 0 Å². The van der Waals surface area contributed by atoms with Gasteiger partial charge >= 0.3 is 0 Å². The first-order valence-electron chi connectivity index (χ1n) is 21.4. The second kappa shape index (κ2) is 15.2. The summed E-state index contributed by atoms with van der Waals surface area (Å²) in [6.07, 6.45) is 0. The maximum Gasteiger partial charge on any atom is -0.00261 e. The Morgan fingerprint density at radius 3 is 1.28 bits per heavy atom. The third kappa shape index (κ3) is 6.40. The molecule has 11 aromatic carbocycles. The van der Waals surface area contributed by atoms with Crippen LogP contribution in [-0.2, 0) is 0 Å². The van der Waals surface area contributed by atoms with E-state index in [9.17, 15) is 0 Å². The molecule has 0 heterocycles. The maximum absolute atomic E-state index is 2.47. The van der Waals surface area contributed by atoms with Crippen LogP contribution in [0.15, 0.2) is 224 Å². The van der Waals surface area contributed by atoms with E-state index in [2.05, 4.69) is 238 Å². The molecule has 0 aliphatic rings. The third-order valence-corrected chi connectivity index (χ3v) is 12.7. The Kier molecular flexibility index (Phi) is 9.13. The largest absolute Gasteiger partial charge is 0.0616 e. The van der Waals surface area contributed by atoms with Crippen LogP contribution in [-0.4, -0.2) is 0 Å². The average Bonchev–Trinajstić information content (AvgIpc) is 3.32. The van der Waals surface area contributed by atoms with Crippen molar-refractivity contribution in [2.45, 2.75) is 19.8 Å². The van der Waals surface area contributed by atoms with E-state index < -0.39 is 0 Å². The van der Waals surface area contributed by atoms with E-state index in [0.29, 0.717) is 5.92 Å². The Morgan fingerprint density at radius 2 is 0.656 bits per heavy atom. The lowest BCUT2D eigenvalue weighted by atomic mass is 9.82. The van der Waals surface area contributed by atoms with Crippen LogP contribution in [0.5, 0.6) is 0 Å². The summed E-state index contributed by atoms with van der Waals surface area (Å²) in [6.45, 7) is 4.55. The van der Waals surface area contributed by atoms with E-state index in [1.54, 1.807) is 0 Å². The van der Waals surface area contributed by atoms with Gasteiger partial charge in [0.2, 0.25) is 0 Å². The van der Waals surface area contributed by atoms with Gasteiger partial charge in [0.1, 0.15) is 0 Å². The van der Waals surface area contributed by atoms with Gasteiger partial charge in [0.05, 0.1) is 0 Å². The van der Waals surface area contributed by atoms with E-state index >= 15 is 0 Å². The zero-order chi connectivity index (χ0) is 40.9. The van der Waals surface area contributed by atoms with Crippen LogP contribution in [0.4, 0.5) is 0 Å². The molecule has 0 spiro atoms. The molecule has 0 saturated heterocycles. The van der Waals surface area contributed by atoms with Gasteiger partial charge in [-0.05, 0) is 133 Å². The predicted molar refractivity (Wildman–Crippen MR) is 263 cm³/mol. The van der Waals surface area contributed by atoms with E-state index in [-0.39, 0.29) is 0 Å². The minimum Gasteiger partial charge on any atom is -0.0616 e. The fraction of sp³-hybridized carbons (Fsp3) is 0.0492. The molecule has 0 unspecified atom stereocenters. The molecule has 0 aromatic heterocycles. The number of hydrogen-bond donors (Lipinski definition) is 0. The van der Waals surface area contributed by atoms with Gasteiger partial charge in [0.25, 0.3) is 0 Å². The maximum atomic E-state index is 2.47. The molecule has 0 heteroatoms. The summed E-state index contributed by atoms with van der Waals surface area (Å²) >= 11 is 0. The van der Waals surface area contributed by atoms with Gasteiger partial charge in [-0.2, -0.15) is 0 Å². The fourth-order valence-electron chi connectivity index (χ4n) is 9.72. The monoisotopic (exact) mass is 776 g/mol. The van der Waals surface area contributed by atoms with Gasteiger partial charge in [0.15, 0.2) is 0 Å². The first-order chi connectivity index (χ1) is 30.1. The normalized spacial score (nSPS) is 11.6. The van der Waals surface area contributed by atoms with Gasteiger partial charge < -0.3 is 0 Å².